The summed E-state index contributed by atoms with van der Waals surface area (Å²) in [7, 11) is 1.54. The SMILES string of the molecule is C=C(C)CCOc1cccc(OC)c1C(C)=O. The highest BCUT2D eigenvalue weighted by atomic mass is 16.5. The molecular formula is C14H18O3. The molecule has 0 aliphatic rings. The molecular weight excluding hydrogens is 216 g/mol. The quantitative estimate of drug-likeness (QED) is 0.560. The van der Waals surface area contributed by atoms with Gasteiger partial charge in [0.15, 0.2) is 5.78 Å². The van der Waals surface area contributed by atoms with Crippen LogP contribution in [-0.4, -0.2) is 19.5 Å². The van der Waals surface area contributed by atoms with Crippen molar-refractivity contribution in [2.75, 3.05) is 13.7 Å². The molecule has 17 heavy (non-hydrogen) atoms. The fourth-order valence-corrected chi connectivity index (χ4v) is 1.48. The van der Waals surface area contributed by atoms with Crippen LogP contribution in [0.15, 0.2) is 30.4 Å². The number of benzene rings is 1. The lowest BCUT2D eigenvalue weighted by molar-refractivity contribution is 0.101. The minimum Gasteiger partial charge on any atom is -0.496 e. The highest BCUT2D eigenvalue weighted by Crippen LogP contribution is 2.28. The first kappa shape index (κ1) is 13.3. The Hall–Kier alpha value is -1.77. The molecule has 1 rings (SSSR count). The summed E-state index contributed by atoms with van der Waals surface area (Å²) in [6.45, 7) is 7.77. The monoisotopic (exact) mass is 234 g/mol. The van der Waals surface area contributed by atoms with Crippen molar-refractivity contribution in [1.82, 2.24) is 0 Å². The Kier molecular flexibility index (Phi) is 4.76. The van der Waals surface area contributed by atoms with E-state index < -0.39 is 0 Å². The van der Waals surface area contributed by atoms with Gasteiger partial charge in [0, 0.05) is 6.42 Å². The maximum absolute atomic E-state index is 11.6. The van der Waals surface area contributed by atoms with Gasteiger partial charge in [-0.1, -0.05) is 11.6 Å². The smallest absolute Gasteiger partial charge is 0.167 e. The number of rotatable bonds is 6. The van der Waals surface area contributed by atoms with Gasteiger partial charge in [0.1, 0.15) is 17.1 Å². The molecule has 0 aliphatic heterocycles. The van der Waals surface area contributed by atoms with Gasteiger partial charge in [-0.3, -0.25) is 4.79 Å². The van der Waals surface area contributed by atoms with Crippen molar-refractivity contribution in [2.24, 2.45) is 0 Å². The number of ketones is 1. The zero-order valence-corrected chi connectivity index (χ0v) is 10.6. The highest BCUT2D eigenvalue weighted by molar-refractivity contribution is 5.99. The summed E-state index contributed by atoms with van der Waals surface area (Å²) in [6, 6.07) is 5.33. The molecule has 0 atom stereocenters. The van der Waals surface area contributed by atoms with Crippen LogP contribution in [0, 0.1) is 0 Å². The van der Waals surface area contributed by atoms with Crippen molar-refractivity contribution >= 4 is 5.78 Å². The first-order valence-corrected chi connectivity index (χ1v) is 5.51. The van der Waals surface area contributed by atoms with Crippen LogP contribution in [0.1, 0.15) is 30.6 Å². The molecule has 0 saturated carbocycles. The summed E-state index contributed by atoms with van der Waals surface area (Å²) >= 11 is 0. The largest absolute Gasteiger partial charge is 0.496 e. The lowest BCUT2D eigenvalue weighted by Crippen LogP contribution is -2.05. The molecule has 92 valence electrons. The van der Waals surface area contributed by atoms with E-state index in [0.29, 0.717) is 23.7 Å². The number of Topliss-reactive ketones (excluding diaryl/α,β-unsaturated/α-hetero) is 1. The standard InChI is InChI=1S/C14H18O3/c1-10(2)8-9-17-13-7-5-6-12(16-4)14(13)11(3)15/h5-7H,1,8-9H2,2-4H3. The number of hydrogen-bond acceptors (Lipinski definition) is 3. The van der Waals surface area contributed by atoms with Gasteiger partial charge in [0.2, 0.25) is 0 Å². The van der Waals surface area contributed by atoms with Gasteiger partial charge in [-0.05, 0) is 26.0 Å². The van der Waals surface area contributed by atoms with Gasteiger partial charge in [-0.2, -0.15) is 0 Å². The molecule has 0 spiro atoms. The van der Waals surface area contributed by atoms with E-state index >= 15 is 0 Å². The van der Waals surface area contributed by atoms with Crippen LogP contribution in [0.2, 0.25) is 0 Å². The summed E-state index contributed by atoms with van der Waals surface area (Å²) in [5.74, 6) is 1.05. The van der Waals surface area contributed by atoms with Crippen molar-refractivity contribution in [2.45, 2.75) is 20.3 Å². The molecule has 0 bridgehead atoms. The lowest BCUT2D eigenvalue weighted by Gasteiger charge is -2.12. The van der Waals surface area contributed by atoms with Crippen LogP contribution in [0.4, 0.5) is 0 Å². The van der Waals surface area contributed by atoms with E-state index in [1.165, 1.54) is 6.92 Å². The van der Waals surface area contributed by atoms with Gasteiger partial charge in [-0.25, -0.2) is 0 Å². The third-order valence-electron chi connectivity index (χ3n) is 2.35. The molecule has 0 radical (unpaired) electrons. The number of methoxy groups -OCH3 is 1. The Labute approximate surface area is 102 Å². The Bertz CT molecular complexity index is 421. The molecule has 0 unspecified atom stereocenters. The molecule has 3 heteroatoms. The molecule has 3 nitrogen and oxygen atoms in total. The second-order valence-electron chi connectivity index (χ2n) is 3.95. The maximum Gasteiger partial charge on any atom is 0.167 e. The van der Waals surface area contributed by atoms with E-state index in [-0.39, 0.29) is 5.78 Å². The van der Waals surface area contributed by atoms with Gasteiger partial charge in [0.05, 0.1) is 13.7 Å². The Morgan fingerprint density at radius 2 is 1.94 bits per heavy atom. The fourth-order valence-electron chi connectivity index (χ4n) is 1.48. The van der Waals surface area contributed by atoms with Crippen LogP contribution in [0.25, 0.3) is 0 Å². The van der Waals surface area contributed by atoms with Crippen molar-refractivity contribution < 1.29 is 14.3 Å². The third kappa shape index (κ3) is 3.63. The summed E-state index contributed by atoms with van der Waals surface area (Å²) in [6.07, 6.45) is 0.772. The van der Waals surface area contributed by atoms with Crippen molar-refractivity contribution in [3.8, 4) is 11.5 Å². The number of hydrogen-bond donors (Lipinski definition) is 0. The molecule has 0 N–H and O–H groups in total. The van der Waals surface area contributed by atoms with Crippen LogP contribution >= 0.6 is 0 Å². The minimum atomic E-state index is -0.0622. The molecule has 1 aromatic carbocycles. The fraction of sp³-hybridized carbons (Fsp3) is 0.357. The Morgan fingerprint density at radius 1 is 1.29 bits per heavy atom. The molecule has 0 saturated heterocycles. The number of carbonyl (C=O) groups excluding carboxylic acids is 1. The third-order valence-corrected chi connectivity index (χ3v) is 2.35. The summed E-state index contributed by atoms with van der Waals surface area (Å²) in [5.41, 5.74) is 1.55. The summed E-state index contributed by atoms with van der Waals surface area (Å²) in [5, 5.41) is 0. The lowest BCUT2D eigenvalue weighted by atomic mass is 10.1. The Balaban J connectivity index is 2.90. The summed E-state index contributed by atoms with van der Waals surface area (Å²) < 4.78 is 10.7. The van der Waals surface area contributed by atoms with E-state index in [1.54, 1.807) is 25.3 Å². The van der Waals surface area contributed by atoms with Crippen molar-refractivity contribution in [3.05, 3.63) is 35.9 Å². The topological polar surface area (TPSA) is 35.5 Å². The summed E-state index contributed by atoms with van der Waals surface area (Å²) in [4.78, 5) is 11.6. The van der Waals surface area contributed by atoms with E-state index in [4.69, 9.17) is 9.47 Å². The molecule has 0 aliphatic carbocycles. The normalized spacial score (nSPS) is 9.82. The van der Waals surface area contributed by atoms with Crippen molar-refractivity contribution in [1.29, 1.82) is 0 Å². The molecule has 0 fully saturated rings. The predicted octanol–water partition coefficient (Wildman–Crippen LogP) is 3.24. The first-order valence-electron chi connectivity index (χ1n) is 5.51. The zero-order chi connectivity index (χ0) is 12.8. The number of ether oxygens (including phenoxy) is 2. The van der Waals surface area contributed by atoms with Crippen LogP contribution in [-0.2, 0) is 0 Å². The predicted molar refractivity (Wildman–Crippen MR) is 67.9 cm³/mol. The van der Waals surface area contributed by atoms with E-state index in [2.05, 4.69) is 6.58 Å². The molecule has 1 aromatic rings. The van der Waals surface area contributed by atoms with Crippen LogP contribution in [0.3, 0.4) is 0 Å². The average Bonchev–Trinajstić information content (AvgIpc) is 2.27. The van der Waals surface area contributed by atoms with Gasteiger partial charge in [-0.15, -0.1) is 6.58 Å². The molecule has 0 heterocycles. The second kappa shape index (κ2) is 6.09. The maximum atomic E-state index is 11.6. The zero-order valence-electron chi connectivity index (χ0n) is 10.6. The molecule has 0 amide bonds. The van der Waals surface area contributed by atoms with Crippen molar-refractivity contribution in [3.63, 3.8) is 0 Å². The second-order valence-corrected chi connectivity index (χ2v) is 3.95. The number of carbonyl (C=O) groups is 1. The van der Waals surface area contributed by atoms with E-state index in [9.17, 15) is 4.79 Å². The van der Waals surface area contributed by atoms with E-state index in [0.717, 1.165) is 12.0 Å². The first-order chi connectivity index (χ1) is 8.06. The van der Waals surface area contributed by atoms with Gasteiger partial charge >= 0.3 is 0 Å². The van der Waals surface area contributed by atoms with Crippen LogP contribution < -0.4 is 9.47 Å². The highest BCUT2D eigenvalue weighted by Gasteiger charge is 2.14. The Morgan fingerprint density at radius 3 is 2.47 bits per heavy atom. The minimum absolute atomic E-state index is 0.0622. The van der Waals surface area contributed by atoms with Gasteiger partial charge in [0.25, 0.3) is 0 Å². The van der Waals surface area contributed by atoms with Crippen LogP contribution in [0.5, 0.6) is 11.5 Å². The van der Waals surface area contributed by atoms with E-state index in [1.807, 2.05) is 6.92 Å². The molecule has 0 aromatic heterocycles. The van der Waals surface area contributed by atoms with Gasteiger partial charge < -0.3 is 9.47 Å². The average molecular weight is 234 g/mol.